The van der Waals surface area contributed by atoms with Crippen LogP contribution in [0.1, 0.15) is 28.8 Å². The molecule has 0 saturated carbocycles. The van der Waals surface area contributed by atoms with Crippen LogP contribution in [-0.2, 0) is 0 Å². The maximum atomic E-state index is 13.8. The molecule has 0 atom stereocenters. The number of amides is 1. The highest BCUT2D eigenvalue weighted by Gasteiger charge is 2.35. The number of hydrogen-bond donors (Lipinski definition) is 4. The van der Waals surface area contributed by atoms with Crippen LogP contribution in [0.3, 0.4) is 0 Å². The van der Waals surface area contributed by atoms with Crippen molar-refractivity contribution in [3.05, 3.63) is 53.6 Å². The van der Waals surface area contributed by atoms with Gasteiger partial charge in [-0.15, -0.1) is 0 Å². The summed E-state index contributed by atoms with van der Waals surface area (Å²) in [5.41, 5.74) is 5.25. The quantitative estimate of drug-likeness (QED) is 0.538. The van der Waals surface area contributed by atoms with Gasteiger partial charge in [0, 0.05) is 37.1 Å². The summed E-state index contributed by atoms with van der Waals surface area (Å²) >= 11 is 0. The highest BCUT2D eigenvalue weighted by atomic mass is 16.5. The first-order chi connectivity index (χ1) is 15.1. The molecule has 0 bridgehead atoms. The number of likely N-dealkylation sites (N-methyl/N-ethyl adjacent to an activating group) is 2. The number of nitrogens with one attached hydrogen (secondary N) is 4. The number of likely N-dealkylation sites (tertiary alicyclic amines) is 1. The molecule has 4 rings (SSSR count). The van der Waals surface area contributed by atoms with E-state index in [0.29, 0.717) is 5.56 Å². The fraction of sp³-hybridized carbons (Fsp3) is 0.375. The van der Waals surface area contributed by atoms with Crippen LogP contribution in [0.5, 0.6) is 5.75 Å². The van der Waals surface area contributed by atoms with E-state index in [4.69, 9.17) is 4.74 Å². The van der Waals surface area contributed by atoms with E-state index in [2.05, 4.69) is 21.3 Å². The maximum absolute atomic E-state index is 13.8. The maximum Gasteiger partial charge on any atom is 0.255 e. The van der Waals surface area contributed by atoms with Crippen LogP contribution >= 0.6 is 0 Å². The molecule has 0 unspecified atom stereocenters. The van der Waals surface area contributed by atoms with Crippen LogP contribution in [-0.4, -0.2) is 57.9 Å². The molecule has 0 aliphatic carbocycles. The van der Waals surface area contributed by atoms with Crippen molar-refractivity contribution in [1.29, 1.82) is 0 Å². The SMILES string of the molecule is CNC1=CC(NC)(NC)Nc2ccc(-c3cccc(OC)c3)c(C(=O)N3CCCC3)c21. The lowest BCUT2D eigenvalue weighted by Gasteiger charge is -2.38. The number of fused-ring (bicyclic) bond motifs is 1. The number of nitrogens with zero attached hydrogens (tertiary/aromatic N) is 1. The van der Waals surface area contributed by atoms with Gasteiger partial charge in [0.25, 0.3) is 5.91 Å². The molecule has 2 aliphatic heterocycles. The van der Waals surface area contributed by atoms with Crippen LogP contribution in [0.4, 0.5) is 5.69 Å². The Bertz CT molecular complexity index is 1010. The third-order valence-corrected chi connectivity index (χ3v) is 6.21. The van der Waals surface area contributed by atoms with Crippen LogP contribution in [0.25, 0.3) is 16.8 Å². The lowest BCUT2D eigenvalue weighted by molar-refractivity contribution is 0.0793. The van der Waals surface area contributed by atoms with Crippen molar-refractivity contribution in [2.75, 3.05) is 46.7 Å². The molecule has 1 amide bonds. The first kappa shape index (κ1) is 21.2. The molecular formula is C24H31N5O2. The molecule has 0 spiro atoms. The predicted molar refractivity (Wildman–Crippen MR) is 125 cm³/mol. The zero-order chi connectivity index (χ0) is 22.0. The summed E-state index contributed by atoms with van der Waals surface area (Å²) < 4.78 is 5.44. The lowest BCUT2D eigenvalue weighted by Crippen LogP contribution is -2.60. The third-order valence-electron chi connectivity index (χ3n) is 6.21. The Morgan fingerprint density at radius 3 is 2.48 bits per heavy atom. The number of methoxy groups -OCH3 is 1. The van der Waals surface area contributed by atoms with Crippen LogP contribution < -0.4 is 26.0 Å². The topological polar surface area (TPSA) is 77.7 Å². The minimum atomic E-state index is -0.614. The summed E-state index contributed by atoms with van der Waals surface area (Å²) in [6.45, 7) is 1.59. The number of hydrogen-bond acceptors (Lipinski definition) is 6. The van der Waals surface area contributed by atoms with Crippen LogP contribution in [0.2, 0.25) is 0 Å². The Labute approximate surface area is 183 Å². The summed E-state index contributed by atoms with van der Waals surface area (Å²) in [5, 5.41) is 13.4. The van der Waals surface area contributed by atoms with E-state index in [9.17, 15) is 4.79 Å². The van der Waals surface area contributed by atoms with Gasteiger partial charge in [-0.3, -0.25) is 15.4 Å². The summed E-state index contributed by atoms with van der Waals surface area (Å²) in [4.78, 5) is 15.8. The highest BCUT2D eigenvalue weighted by molar-refractivity contribution is 6.08. The van der Waals surface area contributed by atoms with Gasteiger partial charge < -0.3 is 20.3 Å². The first-order valence-electron chi connectivity index (χ1n) is 10.7. The summed E-state index contributed by atoms with van der Waals surface area (Å²) in [6, 6.07) is 11.9. The van der Waals surface area contributed by atoms with Crippen molar-refractivity contribution in [2.24, 2.45) is 0 Å². The van der Waals surface area contributed by atoms with Crippen molar-refractivity contribution in [2.45, 2.75) is 18.6 Å². The fourth-order valence-corrected chi connectivity index (χ4v) is 4.45. The van der Waals surface area contributed by atoms with E-state index in [1.165, 1.54) is 0 Å². The van der Waals surface area contributed by atoms with Crippen LogP contribution in [0.15, 0.2) is 42.5 Å². The number of anilines is 1. The van der Waals surface area contributed by atoms with Gasteiger partial charge in [0.2, 0.25) is 0 Å². The molecule has 1 saturated heterocycles. The lowest BCUT2D eigenvalue weighted by atomic mass is 9.89. The van der Waals surface area contributed by atoms with E-state index in [-0.39, 0.29) is 5.91 Å². The molecule has 1 fully saturated rings. The Hall–Kier alpha value is -3.03. The standard InChI is InChI=1S/C24H31N5O2/c1-25-20-15-24(26-2,27-3)28-19-11-10-18(16-8-7-9-17(14-16)31-4)21(22(19)20)23(30)29-12-5-6-13-29/h7-11,14-15,25-28H,5-6,12-13H2,1-4H3. The first-order valence-corrected chi connectivity index (χ1v) is 10.7. The minimum Gasteiger partial charge on any atom is -0.497 e. The number of rotatable bonds is 6. The molecule has 31 heavy (non-hydrogen) atoms. The largest absolute Gasteiger partial charge is 0.497 e. The molecule has 7 heteroatoms. The van der Waals surface area contributed by atoms with Gasteiger partial charge >= 0.3 is 0 Å². The van der Waals surface area contributed by atoms with Crippen molar-refractivity contribution >= 4 is 17.3 Å². The normalized spacial score (nSPS) is 16.9. The zero-order valence-electron chi connectivity index (χ0n) is 18.6. The van der Waals surface area contributed by atoms with E-state index in [0.717, 1.165) is 59.8 Å². The average molecular weight is 422 g/mol. The van der Waals surface area contributed by atoms with E-state index < -0.39 is 5.79 Å². The molecule has 164 valence electrons. The molecule has 7 nitrogen and oxygen atoms in total. The monoisotopic (exact) mass is 421 g/mol. The van der Waals surface area contributed by atoms with Crippen molar-refractivity contribution in [3.63, 3.8) is 0 Å². The van der Waals surface area contributed by atoms with Gasteiger partial charge in [0.15, 0.2) is 5.79 Å². The number of carbonyl (C=O) groups excluding carboxylic acids is 1. The molecule has 0 radical (unpaired) electrons. The average Bonchev–Trinajstić information content (AvgIpc) is 3.37. The number of carbonyl (C=O) groups is 1. The van der Waals surface area contributed by atoms with Gasteiger partial charge in [0.1, 0.15) is 5.75 Å². The number of ether oxygens (including phenoxy) is 1. The van der Waals surface area contributed by atoms with Crippen molar-refractivity contribution < 1.29 is 9.53 Å². The Balaban J connectivity index is 1.95. The Morgan fingerprint density at radius 2 is 1.84 bits per heavy atom. The second kappa shape index (κ2) is 8.61. The van der Waals surface area contributed by atoms with Gasteiger partial charge in [0.05, 0.1) is 12.7 Å². The molecular weight excluding hydrogens is 390 g/mol. The molecule has 0 aromatic heterocycles. The molecule has 2 aliphatic rings. The van der Waals surface area contributed by atoms with E-state index in [1.54, 1.807) is 7.11 Å². The Kier molecular flexibility index (Phi) is 5.89. The van der Waals surface area contributed by atoms with Gasteiger partial charge in [-0.1, -0.05) is 18.2 Å². The predicted octanol–water partition coefficient (Wildman–Crippen LogP) is 2.68. The summed E-state index contributed by atoms with van der Waals surface area (Å²) in [6.07, 6.45) is 4.14. The summed E-state index contributed by atoms with van der Waals surface area (Å²) in [5.74, 6) is 0.217. The second-order valence-corrected chi connectivity index (χ2v) is 7.88. The zero-order valence-corrected chi connectivity index (χ0v) is 18.6. The molecule has 2 aromatic rings. The third kappa shape index (κ3) is 3.75. The molecule has 2 aromatic carbocycles. The Morgan fingerprint density at radius 1 is 1.10 bits per heavy atom. The summed E-state index contributed by atoms with van der Waals surface area (Å²) in [7, 11) is 7.32. The van der Waals surface area contributed by atoms with E-state index >= 15 is 0 Å². The van der Waals surface area contributed by atoms with Gasteiger partial charge in [-0.25, -0.2) is 0 Å². The van der Waals surface area contributed by atoms with Crippen molar-refractivity contribution in [1.82, 2.24) is 20.9 Å². The minimum absolute atomic E-state index is 0.0662. The van der Waals surface area contributed by atoms with Gasteiger partial charge in [-0.05, 0) is 62.3 Å². The highest BCUT2D eigenvalue weighted by Crippen LogP contribution is 2.40. The second-order valence-electron chi connectivity index (χ2n) is 7.88. The smallest absolute Gasteiger partial charge is 0.255 e. The molecule has 4 N–H and O–H groups in total. The van der Waals surface area contributed by atoms with Crippen molar-refractivity contribution in [3.8, 4) is 16.9 Å². The fourth-order valence-electron chi connectivity index (χ4n) is 4.45. The number of benzene rings is 2. The molecule has 2 heterocycles. The van der Waals surface area contributed by atoms with Crippen LogP contribution in [0, 0.1) is 0 Å². The van der Waals surface area contributed by atoms with E-state index in [1.807, 2.05) is 68.5 Å². The van der Waals surface area contributed by atoms with Gasteiger partial charge in [-0.2, -0.15) is 0 Å².